The van der Waals surface area contributed by atoms with Crippen LogP contribution in [0.5, 0.6) is 0 Å². The number of hydrogen-bond acceptors (Lipinski definition) is 8. The normalized spacial score (nSPS) is 17.2. The van der Waals surface area contributed by atoms with Crippen LogP contribution in [0.15, 0.2) is 48.7 Å². The second-order valence-corrected chi connectivity index (χ2v) is 14.6. The smallest absolute Gasteiger partial charge is 0.294 e. The molecule has 2 fully saturated rings. The Bertz CT molecular complexity index is 1410. The van der Waals surface area contributed by atoms with Gasteiger partial charge in [0, 0.05) is 30.1 Å². The molecule has 200 valence electrons. The van der Waals surface area contributed by atoms with Gasteiger partial charge in [-0.1, -0.05) is 30.7 Å². The first-order valence-corrected chi connectivity index (χ1v) is 15.8. The molecule has 1 aliphatic heterocycles. The van der Waals surface area contributed by atoms with Gasteiger partial charge in [0.05, 0.1) is 16.8 Å². The average Bonchev–Trinajstić information content (AvgIpc) is 2.85. The molecule has 0 radical (unpaired) electrons. The molecule has 1 spiro atoms. The van der Waals surface area contributed by atoms with Gasteiger partial charge in [-0.2, -0.15) is 4.98 Å². The number of aromatic nitrogens is 2. The molecule has 2 aliphatic rings. The molecule has 0 bridgehead atoms. The van der Waals surface area contributed by atoms with E-state index >= 15 is 0 Å². The van der Waals surface area contributed by atoms with Crippen LogP contribution in [0.3, 0.4) is 0 Å². The molecule has 1 saturated heterocycles. The zero-order valence-electron chi connectivity index (χ0n) is 21.8. The Balaban J connectivity index is 1.35. The minimum absolute atomic E-state index is 0.0517. The van der Waals surface area contributed by atoms with Crippen LogP contribution in [-0.4, -0.2) is 41.3 Å². The van der Waals surface area contributed by atoms with Gasteiger partial charge >= 0.3 is 0 Å². The predicted octanol–water partition coefficient (Wildman–Crippen LogP) is 6.79. The van der Waals surface area contributed by atoms with Crippen LogP contribution in [0.4, 0.5) is 34.5 Å². The number of anilines is 5. The van der Waals surface area contributed by atoms with E-state index in [9.17, 15) is 14.7 Å². The minimum atomic E-state index is -2.55. The molecule has 2 aromatic carbocycles. The molecule has 1 saturated carbocycles. The molecule has 0 unspecified atom stereocenters. The van der Waals surface area contributed by atoms with Crippen LogP contribution in [0, 0.1) is 21.4 Å². The lowest BCUT2D eigenvalue weighted by molar-refractivity contribution is -0.384. The summed E-state index contributed by atoms with van der Waals surface area (Å²) in [7, 11) is -2.55. The molecule has 9 nitrogen and oxygen atoms in total. The Morgan fingerprint density at radius 2 is 1.84 bits per heavy atom. The van der Waals surface area contributed by atoms with E-state index in [-0.39, 0.29) is 21.6 Å². The second-order valence-electron chi connectivity index (χ2n) is 11.0. The van der Waals surface area contributed by atoms with Gasteiger partial charge in [0.2, 0.25) is 5.95 Å². The number of rotatable bonds is 7. The molecule has 5 rings (SSSR count). The van der Waals surface area contributed by atoms with Crippen LogP contribution in [0.25, 0.3) is 0 Å². The van der Waals surface area contributed by atoms with Crippen LogP contribution in [0.2, 0.25) is 5.02 Å². The van der Waals surface area contributed by atoms with Gasteiger partial charge in [0.25, 0.3) is 5.69 Å². The van der Waals surface area contributed by atoms with Gasteiger partial charge in [-0.15, -0.1) is 0 Å². The zero-order chi connectivity index (χ0) is 27.1. The SMILES string of the molecule is CC1CC2(CCN(c3ccc(Nc4ncc(Cl)c(Nc5ccccc5P(C)(C)=O)n4)cc3[N+](=O)[O-])CC2)C1. The molecule has 11 heteroatoms. The van der Waals surface area contributed by atoms with Gasteiger partial charge in [-0.25, -0.2) is 4.98 Å². The molecular weight excluding hydrogens is 523 g/mol. The largest absolute Gasteiger partial charge is 0.366 e. The summed E-state index contributed by atoms with van der Waals surface area (Å²) in [6.07, 6.45) is 6.15. The fourth-order valence-electron chi connectivity index (χ4n) is 5.88. The number of nitrogens with one attached hydrogen (secondary N) is 2. The van der Waals surface area contributed by atoms with Crippen molar-refractivity contribution in [3.63, 3.8) is 0 Å². The van der Waals surface area contributed by atoms with Gasteiger partial charge in [-0.05, 0) is 74.6 Å². The van der Waals surface area contributed by atoms with Gasteiger partial charge in [-0.3, -0.25) is 10.1 Å². The third kappa shape index (κ3) is 5.49. The van der Waals surface area contributed by atoms with Crippen molar-refractivity contribution in [3.05, 3.63) is 63.8 Å². The Hall–Kier alpha value is -3.16. The lowest BCUT2D eigenvalue weighted by atomic mass is 9.58. The first-order chi connectivity index (χ1) is 18.0. The van der Waals surface area contributed by atoms with E-state index in [2.05, 4.69) is 32.4 Å². The number of piperidine rings is 1. The van der Waals surface area contributed by atoms with E-state index in [1.807, 2.05) is 30.3 Å². The van der Waals surface area contributed by atoms with Gasteiger partial charge in [0.1, 0.15) is 17.9 Å². The average molecular weight is 555 g/mol. The monoisotopic (exact) mass is 554 g/mol. The van der Waals surface area contributed by atoms with Crippen molar-refractivity contribution >= 4 is 58.6 Å². The molecule has 0 amide bonds. The summed E-state index contributed by atoms with van der Waals surface area (Å²) in [4.78, 5) is 22.5. The molecule has 2 N–H and O–H groups in total. The van der Waals surface area contributed by atoms with Crippen LogP contribution in [-0.2, 0) is 4.57 Å². The zero-order valence-corrected chi connectivity index (χ0v) is 23.4. The Kier molecular flexibility index (Phi) is 7.09. The maximum atomic E-state index is 12.7. The van der Waals surface area contributed by atoms with E-state index < -0.39 is 7.14 Å². The highest BCUT2D eigenvalue weighted by molar-refractivity contribution is 7.70. The maximum Gasteiger partial charge on any atom is 0.294 e. The quantitative estimate of drug-likeness (QED) is 0.186. The van der Waals surface area contributed by atoms with Crippen molar-refractivity contribution in [2.75, 3.05) is 42.0 Å². The molecule has 1 aromatic heterocycles. The highest BCUT2D eigenvalue weighted by Crippen LogP contribution is 2.53. The summed E-state index contributed by atoms with van der Waals surface area (Å²) in [6, 6.07) is 12.4. The van der Waals surface area contributed by atoms with Crippen molar-refractivity contribution < 1.29 is 9.49 Å². The van der Waals surface area contributed by atoms with Crippen LogP contribution < -0.4 is 20.8 Å². The first-order valence-electron chi connectivity index (χ1n) is 12.8. The van der Waals surface area contributed by atoms with Crippen molar-refractivity contribution in [2.24, 2.45) is 11.3 Å². The Labute approximate surface area is 227 Å². The molecule has 38 heavy (non-hydrogen) atoms. The van der Waals surface area contributed by atoms with Crippen molar-refractivity contribution in [2.45, 2.75) is 32.6 Å². The van der Waals surface area contributed by atoms with E-state index in [1.54, 1.807) is 19.4 Å². The van der Waals surface area contributed by atoms with Crippen LogP contribution >= 0.6 is 18.7 Å². The lowest BCUT2D eigenvalue weighted by Gasteiger charge is -2.51. The number of hydrogen-bond donors (Lipinski definition) is 2. The summed E-state index contributed by atoms with van der Waals surface area (Å²) in [5, 5.41) is 19.2. The first kappa shape index (κ1) is 26.4. The molecule has 2 heterocycles. The topological polar surface area (TPSA) is 113 Å². The lowest BCUT2D eigenvalue weighted by Crippen LogP contribution is -2.46. The highest BCUT2D eigenvalue weighted by atomic mass is 35.5. The summed E-state index contributed by atoms with van der Waals surface area (Å²) in [5.41, 5.74) is 2.28. The number of benzene rings is 2. The number of nitro groups is 1. The Morgan fingerprint density at radius 3 is 2.50 bits per heavy atom. The third-order valence-electron chi connectivity index (χ3n) is 7.64. The highest BCUT2D eigenvalue weighted by Gasteiger charge is 2.44. The van der Waals surface area contributed by atoms with Crippen LogP contribution in [0.1, 0.15) is 32.6 Å². The third-order valence-corrected chi connectivity index (χ3v) is 9.46. The molecule has 0 atom stereocenters. The fraction of sp³-hybridized carbons (Fsp3) is 0.407. The molecular formula is C27H32ClN6O3P. The van der Waals surface area contributed by atoms with Crippen molar-refractivity contribution in [3.8, 4) is 0 Å². The van der Waals surface area contributed by atoms with Crippen molar-refractivity contribution in [1.82, 2.24) is 9.97 Å². The van der Waals surface area contributed by atoms with E-state index in [1.165, 1.54) is 25.1 Å². The number of halogens is 1. The number of para-hydroxylation sites is 1. The minimum Gasteiger partial charge on any atom is -0.366 e. The standard InChI is InChI=1S/C27H32ClN6O3P/c1-18-15-27(16-18)10-12-33(13-11-27)22-9-8-19(14-23(22)34(35)36)30-26-29-17-20(28)25(32-26)31-21-6-4-5-7-24(21)38(2,3)37/h4-9,14,17-18H,10-13,15-16H2,1-3H3,(H2,29,30,31,32). The van der Waals surface area contributed by atoms with E-state index in [0.717, 1.165) is 31.8 Å². The summed E-state index contributed by atoms with van der Waals surface area (Å²) >= 11 is 6.35. The summed E-state index contributed by atoms with van der Waals surface area (Å²) in [6.45, 7) is 7.37. The van der Waals surface area contributed by atoms with Crippen molar-refractivity contribution in [1.29, 1.82) is 0 Å². The second kappa shape index (κ2) is 10.2. The Morgan fingerprint density at radius 1 is 1.13 bits per heavy atom. The fourth-order valence-corrected chi connectivity index (χ4v) is 7.18. The summed E-state index contributed by atoms with van der Waals surface area (Å²) < 4.78 is 12.7. The van der Waals surface area contributed by atoms with Gasteiger partial charge < -0.3 is 20.1 Å². The maximum absolute atomic E-state index is 12.7. The summed E-state index contributed by atoms with van der Waals surface area (Å²) in [5.74, 6) is 1.36. The number of nitrogens with zero attached hydrogens (tertiary/aromatic N) is 4. The van der Waals surface area contributed by atoms with E-state index in [4.69, 9.17) is 11.6 Å². The number of nitro benzene ring substituents is 1. The predicted molar refractivity (Wildman–Crippen MR) is 155 cm³/mol. The van der Waals surface area contributed by atoms with E-state index in [0.29, 0.717) is 33.6 Å². The molecule has 1 aliphatic carbocycles. The molecule has 3 aromatic rings. The van der Waals surface area contributed by atoms with Gasteiger partial charge in [0.15, 0.2) is 5.82 Å².